The molecule has 0 atom stereocenters. The zero-order valence-electron chi connectivity index (χ0n) is 31.0. The summed E-state index contributed by atoms with van der Waals surface area (Å²) in [5.74, 6) is 1.18. The molecule has 1 radical (unpaired) electrons. The van der Waals surface area contributed by atoms with Gasteiger partial charge in [0.05, 0.1) is 5.76 Å². The molecular weight excluding hydrogens is 813 g/mol. The van der Waals surface area contributed by atoms with Crippen molar-refractivity contribution in [1.82, 2.24) is 9.97 Å². The quantitative estimate of drug-likeness (QED) is 0.0691. The topological polar surface area (TPSA) is 76.2 Å². The molecule has 0 amide bonds. The van der Waals surface area contributed by atoms with Crippen LogP contribution in [0.1, 0.15) is 85.3 Å². The number of carbonyl (C=O) groups excluding carboxylic acids is 1. The number of nitrogens with zero attached hydrogens (tertiary/aromatic N) is 2. The van der Waals surface area contributed by atoms with Gasteiger partial charge in [0.1, 0.15) is 19.2 Å². The molecule has 0 fully saturated rings. The summed E-state index contributed by atoms with van der Waals surface area (Å²) in [6.07, 6.45) is 8.96. The van der Waals surface area contributed by atoms with Gasteiger partial charge in [0.2, 0.25) is 5.89 Å². The molecule has 265 valence electrons. The minimum Gasteiger partial charge on any atom is -0.512 e. The van der Waals surface area contributed by atoms with Crippen molar-refractivity contribution in [3.8, 4) is 22.7 Å². The summed E-state index contributed by atoms with van der Waals surface area (Å²) < 4.78 is 6.38. The van der Waals surface area contributed by atoms with Gasteiger partial charge in [-0.1, -0.05) is 109 Å². The van der Waals surface area contributed by atoms with E-state index < -0.39 is 8.07 Å². The smallest absolute Gasteiger partial charge is 0.226 e. The molecule has 1 aliphatic rings. The van der Waals surface area contributed by atoms with Crippen LogP contribution in [0.15, 0.2) is 82.7 Å². The van der Waals surface area contributed by atoms with Crippen LogP contribution in [0.5, 0.6) is 0 Å². The average Bonchev–Trinajstić information content (AvgIpc) is 3.65. The molecule has 5 aromatic rings. The second-order valence-electron chi connectivity index (χ2n) is 14.8. The zero-order chi connectivity index (χ0) is 35.5. The first-order valence-corrected chi connectivity index (χ1v) is 20.9. The summed E-state index contributed by atoms with van der Waals surface area (Å²) in [7, 11) is -1.46. The summed E-state index contributed by atoms with van der Waals surface area (Å²) in [5.41, 5.74) is 9.15. The molecule has 0 unspecified atom stereocenters. The number of aromatic nitrogens is 2. The fraction of sp³-hybridized carbons (Fsp3) is 0.372. The maximum atomic E-state index is 11.7. The number of hydrogen-bond donors (Lipinski definition) is 1. The third-order valence-corrected chi connectivity index (χ3v) is 12.7. The Morgan fingerprint density at radius 2 is 1.64 bits per heavy atom. The van der Waals surface area contributed by atoms with Crippen LogP contribution in [0.2, 0.25) is 13.1 Å². The summed E-state index contributed by atoms with van der Waals surface area (Å²) in [4.78, 5) is 21.3. The minimum absolute atomic E-state index is 0. The number of pyridine rings is 1. The van der Waals surface area contributed by atoms with Crippen LogP contribution >= 0.6 is 0 Å². The number of carbonyl (C=O) groups is 1. The van der Waals surface area contributed by atoms with Gasteiger partial charge in [-0.15, -0.1) is 29.1 Å². The van der Waals surface area contributed by atoms with E-state index in [1.54, 1.807) is 0 Å². The van der Waals surface area contributed by atoms with Gasteiger partial charge in [-0.25, -0.2) is 4.98 Å². The monoisotopic (exact) mass is 864 g/mol. The normalized spacial score (nSPS) is 13.8. The van der Waals surface area contributed by atoms with Crippen LogP contribution in [-0.4, -0.2) is 28.9 Å². The van der Waals surface area contributed by atoms with Crippen LogP contribution in [0, 0.1) is 17.9 Å². The van der Waals surface area contributed by atoms with Crippen molar-refractivity contribution in [3.63, 3.8) is 0 Å². The van der Waals surface area contributed by atoms with Gasteiger partial charge >= 0.3 is 0 Å². The number of allylic oxidation sites excluding steroid dienone is 2. The first kappa shape index (κ1) is 39.1. The predicted molar refractivity (Wildman–Crippen MR) is 208 cm³/mol. The van der Waals surface area contributed by atoms with Crippen molar-refractivity contribution < 1.29 is 34.4 Å². The van der Waals surface area contributed by atoms with E-state index in [1.165, 1.54) is 27.8 Å². The second kappa shape index (κ2) is 16.1. The maximum Gasteiger partial charge on any atom is 0.226 e. The molecule has 0 bridgehead atoms. The number of rotatable bonds is 9. The van der Waals surface area contributed by atoms with Crippen LogP contribution in [0.25, 0.3) is 50.7 Å². The molecule has 3 heterocycles. The van der Waals surface area contributed by atoms with E-state index in [2.05, 4.69) is 100 Å². The molecule has 2 aromatic heterocycles. The van der Waals surface area contributed by atoms with Crippen LogP contribution in [-0.2, 0) is 30.3 Å². The fourth-order valence-corrected chi connectivity index (χ4v) is 8.93. The molecule has 1 N–H and O–H groups in total. The van der Waals surface area contributed by atoms with Gasteiger partial charge in [-0.2, -0.15) is 0 Å². The van der Waals surface area contributed by atoms with Gasteiger partial charge < -0.3 is 9.52 Å². The van der Waals surface area contributed by atoms with E-state index in [4.69, 9.17) is 14.4 Å². The number of aliphatic hydroxyl groups is 1. The molecule has 1 aliphatic heterocycles. The van der Waals surface area contributed by atoms with Gasteiger partial charge in [0.25, 0.3) is 0 Å². The molecule has 0 saturated heterocycles. The Kier molecular flexibility index (Phi) is 12.6. The molecule has 3 aromatic carbocycles. The Morgan fingerprint density at radius 3 is 2.30 bits per heavy atom. The van der Waals surface area contributed by atoms with E-state index in [0.717, 1.165) is 53.4 Å². The summed E-state index contributed by atoms with van der Waals surface area (Å²) >= 11 is 0. The minimum atomic E-state index is -1.46. The number of hydrogen-bond acceptors (Lipinski definition) is 5. The first-order chi connectivity index (χ1) is 23.3. The third-order valence-electron chi connectivity index (χ3n) is 9.90. The Labute approximate surface area is 312 Å². The molecular formula is C43H51IrN2O3Si-. The Balaban J connectivity index is 0.000000301. The van der Waals surface area contributed by atoms with Crippen molar-refractivity contribution in [2.45, 2.75) is 92.7 Å². The first-order valence-electron chi connectivity index (χ1n) is 17.8. The molecule has 0 spiro atoms. The molecule has 50 heavy (non-hydrogen) atoms. The van der Waals surface area contributed by atoms with E-state index in [0.29, 0.717) is 11.5 Å². The third kappa shape index (κ3) is 8.28. The average molecular weight is 864 g/mol. The van der Waals surface area contributed by atoms with E-state index in [1.807, 2.05) is 40.0 Å². The van der Waals surface area contributed by atoms with Crippen LogP contribution in [0.4, 0.5) is 0 Å². The molecule has 7 heteroatoms. The summed E-state index contributed by atoms with van der Waals surface area (Å²) in [5, 5.41) is 13.5. The van der Waals surface area contributed by atoms with Crippen LogP contribution < -0.4 is 5.19 Å². The molecule has 6 rings (SSSR count). The fourth-order valence-electron chi connectivity index (χ4n) is 6.74. The number of benzene rings is 3. The van der Waals surface area contributed by atoms with Gasteiger partial charge in [-0.3, -0.25) is 9.78 Å². The van der Waals surface area contributed by atoms with Crippen molar-refractivity contribution in [1.29, 1.82) is 0 Å². The molecule has 0 saturated carbocycles. The molecule has 0 aliphatic carbocycles. The predicted octanol–water partition coefficient (Wildman–Crippen LogP) is 11.2. The van der Waals surface area contributed by atoms with E-state index >= 15 is 0 Å². The SMILES string of the molecule is CC(C)(C)c1cc(-c2nccc3nc(-c4ccc5c(c4)C=C[Si]5(C)C)oc23)[c-]c2ccccc12.CCC(CC)C(=O)/C=C(\O)C(CC)CC.[Ir]. The van der Waals surface area contributed by atoms with Gasteiger partial charge in [0, 0.05) is 55.5 Å². The van der Waals surface area contributed by atoms with E-state index in [-0.39, 0.29) is 48.9 Å². The maximum absolute atomic E-state index is 11.7. The van der Waals surface area contributed by atoms with E-state index in [9.17, 15) is 9.90 Å². The van der Waals surface area contributed by atoms with Crippen LogP contribution in [0.3, 0.4) is 0 Å². The van der Waals surface area contributed by atoms with Crippen molar-refractivity contribution >= 4 is 47.0 Å². The Morgan fingerprint density at radius 1 is 0.960 bits per heavy atom. The van der Waals surface area contributed by atoms with Crippen molar-refractivity contribution in [2.24, 2.45) is 11.8 Å². The zero-order valence-corrected chi connectivity index (χ0v) is 34.4. The number of oxazole rings is 1. The summed E-state index contributed by atoms with van der Waals surface area (Å²) in [6, 6.07) is 22.7. The Bertz CT molecular complexity index is 2030. The van der Waals surface area contributed by atoms with Crippen molar-refractivity contribution in [3.05, 3.63) is 95.5 Å². The Hall–Kier alpha value is -3.64. The molecule has 5 nitrogen and oxygen atoms in total. The number of aliphatic hydroxyl groups excluding tert-OH is 1. The second-order valence-corrected chi connectivity index (χ2v) is 19.1. The van der Waals surface area contributed by atoms with Crippen molar-refractivity contribution in [2.75, 3.05) is 0 Å². The van der Waals surface area contributed by atoms with Gasteiger partial charge in [-0.05, 0) is 60.0 Å². The standard InChI is InChI=1S/C30H27N2OSi.C13H24O2.Ir/c1-30(2,3)24-18-22(16-19-8-6-7-9-23(19)24)27-28-25(12-14-31-27)32-29(33-28)21-10-11-26-20(17-21)13-15-34(26,4)5;1-5-10(6-2)12(14)9-13(15)11(7-3)8-4;/h6-15,17-18H,1-5H3;9-11,14H,5-8H2,1-4H3;/q-1;;/b;12-9-;. The number of ketones is 1. The summed E-state index contributed by atoms with van der Waals surface area (Å²) in [6.45, 7) is 19.5. The largest absolute Gasteiger partial charge is 0.512 e. The van der Waals surface area contributed by atoms with Gasteiger partial charge in [0.15, 0.2) is 5.78 Å². The number of fused-ring (bicyclic) bond motifs is 3.